The highest BCUT2D eigenvalue weighted by molar-refractivity contribution is 5.75. The number of hydrogen-bond acceptors (Lipinski definition) is 3. The van der Waals surface area contributed by atoms with Crippen molar-refractivity contribution in [2.24, 2.45) is 0 Å². The van der Waals surface area contributed by atoms with Gasteiger partial charge in [-0.3, -0.25) is 4.79 Å². The number of urea groups is 1. The van der Waals surface area contributed by atoms with Gasteiger partial charge in [0.15, 0.2) is 0 Å². The Morgan fingerprint density at radius 1 is 1.45 bits per heavy atom. The van der Waals surface area contributed by atoms with E-state index in [9.17, 15) is 9.59 Å². The van der Waals surface area contributed by atoms with Crippen molar-refractivity contribution in [1.82, 2.24) is 10.2 Å². The molecule has 1 heterocycles. The van der Waals surface area contributed by atoms with Gasteiger partial charge < -0.3 is 19.7 Å². The van der Waals surface area contributed by atoms with E-state index in [0.29, 0.717) is 25.3 Å². The van der Waals surface area contributed by atoms with Gasteiger partial charge in [-0.25, -0.2) is 4.79 Å². The van der Waals surface area contributed by atoms with Crippen LogP contribution in [0, 0.1) is 0 Å². The summed E-state index contributed by atoms with van der Waals surface area (Å²) >= 11 is 0. The van der Waals surface area contributed by atoms with Gasteiger partial charge in [-0.2, -0.15) is 0 Å². The lowest BCUT2D eigenvalue weighted by atomic mass is 9.99. The Balaban J connectivity index is 2.55. The largest absolute Gasteiger partial charge is 0.481 e. The van der Waals surface area contributed by atoms with Crippen LogP contribution in [-0.4, -0.2) is 34.1 Å². The first-order valence-electron chi connectivity index (χ1n) is 6.65. The van der Waals surface area contributed by atoms with E-state index in [4.69, 9.17) is 9.52 Å². The lowest BCUT2D eigenvalue weighted by Gasteiger charge is -2.30. The molecule has 112 valence electrons. The molecule has 0 unspecified atom stereocenters. The van der Waals surface area contributed by atoms with Crippen molar-refractivity contribution in [3.05, 3.63) is 24.2 Å². The second kappa shape index (κ2) is 6.98. The minimum Gasteiger partial charge on any atom is -0.481 e. The fourth-order valence-corrected chi connectivity index (χ4v) is 1.77. The molecule has 0 saturated heterocycles. The van der Waals surface area contributed by atoms with Crippen molar-refractivity contribution in [3.8, 4) is 0 Å². The molecular formula is C14H22N2O4. The van der Waals surface area contributed by atoms with E-state index in [-0.39, 0.29) is 12.5 Å². The third-order valence-electron chi connectivity index (χ3n) is 3.00. The van der Waals surface area contributed by atoms with Crippen LogP contribution in [0.25, 0.3) is 0 Å². The zero-order chi connectivity index (χ0) is 15.2. The summed E-state index contributed by atoms with van der Waals surface area (Å²) < 4.78 is 5.23. The topological polar surface area (TPSA) is 82.8 Å². The van der Waals surface area contributed by atoms with Gasteiger partial charge >= 0.3 is 12.0 Å². The molecule has 0 spiro atoms. The van der Waals surface area contributed by atoms with Crippen molar-refractivity contribution >= 4 is 12.0 Å². The highest BCUT2D eigenvalue weighted by atomic mass is 16.4. The third kappa shape index (κ3) is 5.34. The van der Waals surface area contributed by atoms with Crippen LogP contribution in [0.15, 0.2) is 22.8 Å². The highest BCUT2D eigenvalue weighted by Gasteiger charge is 2.24. The Kier molecular flexibility index (Phi) is 5.61. The molecule has 20 heavy (non-hydrogen) atoms. The van der Waals surface area contributed by atoms with Crippen LogP contribution in [-0.2, 0) is 11.3 Å². The Bertz CT molecular complexity index is 440. The Labute approximate surface area is 118 Å². The molecule has 1 aromatic heterocycles. The maximum Gasteiger partial charge on any atom is 0.318 e. The number of nitrogens with zero attached hydrogens (tertiary/aromatic N) is 1. The average molecular weight is 282 g/mol. The molecule has 0 fully saturated rings. The monoisotopic (exact) mass is 282 g/mol. The molecular weight excluding hydrogens is 260 g/mol. The van der Waals surface area contributed by atoms with E-state index >= 15 is 0 Å². The van der Waals surface area contributed by atoms with Gasteiger partial charge in [0, 0.05) is 18.5 Å². The molecule has 0 bridgehead atoms. The Morgan fingerprint density at radius 2 is 2.15 bits per heavy atom. The van der Waals surface area contributed by atoms with Crippen LogP contribution in [0.2, 0.25) is 0 Å². The van der Waals surface area contributed by atoms with E-state index in [1.54, 1.807) is 17.2 Å². The van der Waals surface area contributed by atoms with Crippen molar-refractivity contribution < 1.29 is 19.1 Å². The number of nitrogens with one attached hydrogen (secondary N) is 1. The van der Waals surface area contributed by atoms with E-state index in [1.165, 1.54) is 0 Å². The van der Waals surface area contributed by atoms with Crippen molar-refractivity contribution in [2.75, 3.05) is 6.54 Å². The first-order chi connectivity index (χ1) is 9.34. The zero-order valence-electron chi connectivity index (χ0n) is 12.2. The second-order valence-corrected chi connectivity index (χ2v) is 5.30. The van der Waals surface area contributed by atoms with Crippen LogP contribution in [0.1, 0.15) is 39.4 Å². The summed E-state index contributed by atoms with van der Waals surface area (Å²) in [7, 11) is 0. The summed E-state index contributed by atoms with van der Waals surface area (Å²) in [6.07, 6.45) is 1.97. The minimum absolute atomic E-state index is 0.0254. The first kappa shape index (κ1) is 16.1. The Hall–Kier alpha value is -1.98. The number of hydrogen-bond donors (Lipinski definition) is 2. The number of carboxylic acids is 1. The van der Waals surface area contributed by atoms with Crippen LogP contribution >= 0.6 is 0 Å². The number of carbonyl (C=O) groups excluding carboxylic acids is 1. The Morgan fingerprint density at radius 3 is 2.65 bits per heavy atom. The minimum atomic E-state index is -0.866. The molecule has 6 nitrogen and oxygen atoms in total. The lowest BCUT2D eigenvalue weighted by Crippen LogP contribution is -2.49. The predicted molar refractivity (Wildman–Crippen MR) is 74.3 cm³/mol. The van der Waals surface area contributed by atoms with Crippen LogP contribution in [0.4, 0.5) is 4.79 Å². The molecule has 1 aromatic rings. The van der Waals surface area contributed by atoms with Crippen LogP contribution < -0.4 is 5.32 Å². The van der Waals surface area contributed by atoms with Crippen molar-refractivity contribution in [1.29, 1.82) is 0 Å². The lowest BCUT2D eigenvalue weighted by molar-refractivity contribution is -0.137. The van der Waals surface area contributed by atoms with Crippen LogP contribution in [0.5, 0.6) is 0 Å². The molecule has 0 radical (unpaired) electrons. The van der Waals surface area contributed by atoms with Gasteiger partial charge in [-0.15, -0.1) is 0 Å². The summed E-state index contributed by atoms with van der Waals surface area (Å²) in [6, 6.07) is 3.36. The summed E-state index contributed by atoms with van der Waals surface area (Å²) in [5, 5.41) is 11.6. The smallest absolute Gasteiger partial charge is 0.318 e. The van der Waals surface area contributed by atoms with Gasteiger partial charge in [0.1, 0.15) is 5.76 Å². The molecule has 2 N–H and O–H groups in total. The molecule has 1 rings (SSSR count). The van der Waals surface area contributed by atoms with Gasteiger partial charge in [-0.05, 0) is 39.3 Å². The zero-order valence-corrected chi connectivity index (χ0v) is 12.2. The van der Waals surface area contributed by atoms with Crippen LogP contribution in [0.3, 0.4) is 0 Å². The summed E-state index contributed by atoms with van der Waals surface area (Å²) in [5.74, 6) is -0.152. The maximum atomic E-state index is 12.2. The highest BCUT2D eigenvalue weighted by Crippen LogP contribution is 2.13. The first-order valence-corrected chi connectivity index (χ1v) is 6.65. The molecule has 2 amide bonds. The molecule has 0 aromatic carbocycles. The normalized spacial score (nSPS) is 11.2. The molecule has 0 atom stereocenters. The SMILES string of the molecule is CCN(Cc1ccco1)C(=O)NC(C)(C)CCC(=O)O. The predicted octanol–water partition coefficient (Wildman–Crippen LogP) is 2.45. The molecule has 0 saturated carbocycles. The number of furan rings is 1. The quantitative estimate of drug-likeness (QED) is 0.804. The van der Waals surface area contributed by atoms with E-state index < -0.39 is 11.5 Å². The van der Waals surface area contributed by atoms with Crippen molar-refractivity contribution in [3.63, 3.8) is 0 Å². The van der Waals surface area contributed by atoms with Gasteiger partial charge in [0.25, 0.3) is 0 Å². The number of rotatable bonds is 7. The third-order valence-corrected chi connectivity index (χ3v) is 3.00. The van der Waals surface area contributed by atoms with Gasteiger partial charge in [-0.1, -0.05) is 0 Å². The van der Waals surface area contributed by atoms with Gasteiger partial charge in [0.05, 0.1) is 12.8 Å². The second-order valence-electron chi connectivity index (χ2n) is 5.30. The number of carbonyl (C=O) groups is 2. The van der Waals surface area contributed by atoms with Crippen molar-refractivity contribution in [2.45, 2.75) is 45.7 Å². The standard InChI is InChI=1S/C14H22N2O4/c1-4-16(10-11-6-5-9-20-11)13(19)15-14(2,3)8-7-12(17)18/h5-6,9H,4,7-8,10H2,1-3H3,(H,15,19)(H,17,18). The van der Waals surface area contributed by atoms with Gasteiger partial charge in [0.2, 0.25) is 0 Å². The summed E-state index contributed by atoms with van der Waals surface area (Å²) in [6.45, 7) is 6.45. The number of aliphatic carboxylic acids is 1. The van der Waals surface area contributed by atoms with E-state index in [0.717, 1.165) is 0 Å². The maximum absolute atomic E-state index is 12.2. The summed E-state index contributed by atoms with van der Waals surface area (Å²) in [5.41, 5.74) is -0.563. The number of carboxylic acid groups (broad SMARTS) is 1. The molecule has 6 heteroatoms. The van der Waals surface area contributed by atoms with E-state index in [2.05, 4.69) is 5.32 Å². The van der Waals surface area contributed by atoms with E-state index in [1.807, 2.05) is 26.8 Å². The molecule has 0 aliphatic heterocycles. The fraction of sp³-hybridized carbons (Fsp3) is 0.571. The molecule has 0 aliphatic rings. The average Bonchev–Trinajstić information content (AvgIpc) is 2.85. The summed E-state index contributed by atoms with van der Waals surface area (Å²) in [4.78, 5) is 24.4. The number of amides is 2. The molecule has 0 aliphatic carbocycles. The fourth-order valence-electron chi connectivity index (χ4n) is 1.77.